The molecule has 1 rings (SSSR count). The number of nitrogens with one attached hydrogen (secondary N) is 1. The van der Waals surface area contributed by atoms with E-state index in [0.717, 1.165) is 44.7 Å². The highest BCUT2D eigenvalue weighted by Gasteiger charge is 2.23. The quantitative estimate of drug-likeness (QED) is 0.631. The van der Waals surface area contributed by atoms with Crippen LogP contribution in [-0.4, -0.2) is 39.5 Å². The molecule has 3 nitrogen and oxygen atoms in total. The lowest BCUT2D eigenvalue weighted by Gasteiger charge is -2.32. The Hall–Kier alpha value is -0.120. The molecule has 0 spiro atoms. The molecule has 3 heteroatoms. The van der Waals surface area contributed by atoms with Crippen molar-refractivity contribution in [2.45, 2.75) is 51.5 Å². The molecule has 1 aliphatic rings. The molecule has 0 amide bonds. The molecule has 1 aliphatic carbocycles. The van der Waals surface area contributed by atoms with Gasteiger partial charge in [0.15, 0.2) is 0 Å². The maximum absolute atomic E-state index is 5.66. The summed E-state index contributed by atoms with van der Waals surface area (Å²) in [5.41, 5.74) is 0. The second kappa shape index (κ2) is 9.86. The summed E-state index contributed by atoms with van der Waals surface area (Å²) in [7, 11) is 1.74. The van der Waals surface area contributed by atoms with Crippen LogP contribution in [0.5, 0.6) is 0 Å². The van der Waals surface area contributed by atoms with Gasteiger partial charge in [-0.1, -0.05) is 19.8 Å². The zero-order valence-electron chi connectivity index (χ0n) is 11.5. The summed E-state index contributed by atoms with van der Waals surface area (Å²) in [6, 6.07) is 0.733. The first-order chi connectivity index (χ1) is 8.38. The lowest BCUT2D eigenvalue weighted by Crippen LogP contribution is -2.38. The van der Waals surface area contributed by atoms with Crippen LogP contribution >= 0.6 is 0 Å². The zero-order valence-corrected chi connectivity index (χ0v) is 11.5. The molecule has 2 unspecified atom stereocenters. The SMILES string of the molecule is CCNC1CCCCC1CCOCCCOC. The molecule has 1 saturated carbocycles. The number of hydrogen-bond donors (Lipinski definition) is 1. The van der Waals surface area contributed by atoms with Gasteiger partial charge < -0.3 is 14.8 Å². The normalized spacial score (nSPS) is 25.1. The number of ether oxygens (including phenoxy) is 2. The van der Waals surface area contributed by atoms with Crippen molar-refractivity contribution in [3.8, 4) is 0 Å². The van der Waals surface area contributed by atoms with Gasteiger partial charge in [0, 0.05) is 33.0 Å². The van der Waals surface area contributed by atoms with Gasteiger partial charge in [-0.05, 0) is 38.1 Å². The molecule has 1 N–H and O–H groups in total. The van der Waals surface area contributed by atoms with Crippen molar-refractivity contribution in [1.29, 1.82) is 0 Å². The van der Waals surface area contributed by atoms with E-state index in [1.54, 1.807) is 7.11 Å². The first-order valence-corrected chi connectivity index (χ1v) is 7.18. The van der Waals surface area contributed by atoms with Crippen LogP contribution in [0, 0.1) is 5.92 Å². The Kier molecular flexibility index (Phi) is 8.67. The Morgan fingerprint density at radius 1 is 1.12 bits per heavy atom. The molecule has 0 aromatic rings. The Morgan fingerprint density at radius 2 is 1.94 bits per heavy atom. The highest BCUT2D eigenvalue weighted by Crippen LogP contribution is 2.26. The molecule has 0 heterocycles. The summed E-state index contributed by atoms with van der Waals surface area (Å²) in [5.74, 6) is 0.825. The minimum atomic E-state index is 0.733. The molecule has 2 atom stereocenters. The zero-order chi connectivity index (χ0) is 12.3. The van der Waals surface area contributed by atoms with E-state index < -0.39 is 0 Å². The molecule has 102 valence electrons. The van der Waals surface area contributed by atoms with Crippen LogP contribution in [0.15, 0.2) is 0 Å². The number of hydrogen-bond acceptors (Lipinski definition) is 3. The van der Waals surface area contributed by atoms with Gasteiger partial charge in [0.05, 0.1) is 0 Å². The van der Waals surface area contributed by atoms with Crippen molar-refractivity contribution < 1.29 is 9.47 Å². The first kappa shape index (κ1) is 14.9. The maximum Gasteiger partial charge on any atom is 0.0487 e. The van der Waals surface area contributed by atoms with Crippen LogP contribution in [0.4, 0.5) is 0 Å². The van der Waals surface area contributed by atoms with Gasteiger partial charge in [-0.15, -0.1) is 0 Å². The average Bonchev–Trinajstić information content (AvgIpc) is 2.36. The van der Waals surface area contributed by atoms with Crippen LogP contribution in [0.3, 0.4) is 0 Å². The van der Waals surface area contributed by atoms with Gasteiger partial charge in [0.25, 0.3) is 0 Å². The summed E-state index contributed by atoms with van der Waals surface area (Å²) in [6.07, 6.45) is 7.74. The standard InChI is InChI=1S/C14H29NO2/c1-3-15-14-8-5-4-7-13(14)9-12-17-11-6-10-16-2/h13-15H,3-12H2,1-2H3. The topological polar surface area (TPSA) is 30.5 Å². The molecule has 0 aromatic carbocycles. The Balaban J connectivity index is 2.06. The molecule has 17 heavy (non-hydrogen) atoms. The molecular weight excluding hydrogens is 214 g/mol. The van der Waals surface area contributed by atoms with Gasteiger partial charge in [0.2, 0.25) is 0 Å². The maximum atomic E-state index is 5.66. The number of rotatable bonds is 9. The van der Waals surface area contributed by atoms with Crippen LogP contribution in [0.1, 0.15) is 45.4 Å². The lowest BCUT2D eigenvalue weighted by molar-refractivity contribution is 0.0850. The largest absolute Gasteiger partial charge is 0.385 e. The Labute approximate surface area is 106 Å². The van der Waals surface area contributed by atoms with Gasteiger partial charge in [0.1, 0.15) is 0 Å². The van der Waals surface area contributed by atoms with Gasteiger partial charge in [-0.2, -0.15) is 0 Å². The van der Waals surface area contributed by atoms with E-state index in [1.807, 2.05) is 0 Å². The molecule has 0 radical (unpaired) electrons. The molecule has 1 fully saturated rings. The lowest BCUT2D eigenvalue weighted by atomic mass is 9.82. The Morgan fingerprint density at radius 3 is 2.71 bits per heavy atom. The smallest absolute Gasteiger partial charge is 0.0487 e. The van der Waals surface area contributed by atoms with Gasteiger partial charge in [-0.25, -0.2) is 0 Å². The van der Waals surface area contributed by atoms with Crippen LogP contribution in [0.25, 0.3) is 0 Å². The molecule has 0 aromatic heterocycles. The molecule has 0 saturated heterocycles. The summed E-state index contributed by atoms with van der Waals surface area (Å²) >= 11 is 0. The summed E-state index contributed by atoms with van der Waals surface area (Å²) in [6.45, 7) is 5.86. The highest BCUT2D eigenvalue weighted by atomic mass is 16.5. The number of methoxy groups -OCH3 is 1. The third kappa shape index (κ3) is 6.39. The summed E-state index contributed by atoms with van der Waals surface area (Å²) in [4.78, 5) is 0. The van der Waals surface area contributed by atoms with Crippen molar-refractivity contribution in [3.63, 3.8) is 0 Å². The van der Waals surface area contributed by atoms with Gasteiger partial charge >= 0.3 is 0 Å². The van der Waals surface area contributed by atoms with Crippen molar-refractivity contribution in [3.05, 3.63) is 0 Å². The van der Waals surface area contributed by atoms with E-state index in [9.17, 15) is 0 Å². The molecule has 0 aliphatic heterocycles. The average molecular weight is 243 g/mol. The molecule has 0 bridgehead atoms. The van der Waals surface area contributed by atoms with Crippen molar-refractivity contribution >= 4 is 0 Å². The van der Waals surface area contributed by atoms with E-state index in [2.05, 4.69) is 12.2 Å². The first-order valence-electron chi connectivity index (χ1n) is 7.18. The predicted octanol–water partition coefficient (Wildman–Crippen LogP) is 2.60. The van der Waals surface area contributed by atoms with Crippen LogP contribution in [-0.2, 0) is 9.47 Å². The van der Waals surface area contributed by atoms with E-state index in [4.69, 9.17) is 9.47 Å². The Bertz CT molecular complexity index is 174. The van der Waals surface area contributed by atoms with Gasteiger partial charge in [-0.3, -0.25) is 0 Å². The fourth-order valence-corrected chi connectivity index (χ4v) is 2.73. The highest BCUT2D eigenvalue weighted by molar-refractivity contribution is 4.80. The minimum absolute atomic E-state index is 0.733. The summed E-state index contributed by atoms with van der Waals surface area (Å²) in [5, 5.41) is 3.62. The minimum Gasteiger partial charge on any atom is -0.385 e. The third-order valence-corrected chi connectivity index (χ3v) is 3.65. The summed E-state index contributed by atoms with van der Waals surface area (Å²) < 4.78 is 10.7. The van der Waals surface area contributed by atoms with E-state index in [-0.39, 0.29) is 0 Å². The van der Waals surface area contributed by atoms with Crippen molar-refractivity contribution in [2.24, 2.45) is 5.92 Å². The second-order valence-electron chi connectivity index (χ2n) is 4.96. The molecular formula is C14H29NO2. The van der Waals surface area contributed by atoms with Crippen LogP contribution in [0.2, 0.25) is 0 Å². The van der Waals surface area contributed by atoms with Crippen molar-refractivity contribution in [1.82, 2.24) is 5.32 Å². The second-order valence-corrected chi connectivity index (χ2v) is 4.96. The fraction of sp³-hybridized carbons (Fsp3) is 1.00. The van der Waals surface area contributed by atoms with Crippen molar-refractivity contribution in [2.75, 3.05) is 33.5 Å². The monoisotopic (exact) mass is 243 g/mol. The predicted molar refractivity (Wildman–Crippen MR) is 71.4 cm³/mol. The fourth-order valence-electron chi connectivity index (χ4n) is 2.73. The van der Waals surface area contributed by atoms with E-state index in [1.165, 1.54) is 32.1 Å². The third-order valence-electron chi connectivity index (χ3n) is 3.65. The van der Waals surface area contributed by atoms with Crippen LogP contribution < -0.4 is 5.32 Å². The van der Waals surface area contributed by atoms with E-state index >= 15 is 0 Å². The van der Waals surface area contributed by atoms with E-state index in [0.29, 0.717) is 0 Å².